The lowest BCUT2D eigenvalue weighted by atomic mass is 10.2. The molecule has 0 aliphatic carbocycles. The number of ether oxygens (including phenoxy) is 1. The van der Waals surface area contributed by atoms with E-state index in [2.05, 4.69) is 15.5 Å². The van der Waals surface area contributed by atoms with Gasteiger partial charge in [0.1, 0.15) is 11.6 Å². The van der Waals surface area contributed by atoms with Crippen LogP contribution < -0.4 is 10.1 Å². The number of H-pyrrole nitrogens is 1. The van der Waals surface area contributed by atoms with Gasteiger partial charge < -0.3 is 4.74 Å². The normalized spacial score (nSPS) is 9.35. The zero-order valence-electron chi connectivity index (χ0n) is 8.68. The van der Waals surface area contributed by atoms with Gasteiger partial charge in [0.2, 0.25) is 0 Å². The van der Waals surface area contributed by atoms with Gasteiger partial charge in [0.05, 0.1) is 17.8 Å². The summed E-state index contributed by atoms with van der Waals surface area (Å²) >= 11 is 0. The quantitative estimate of drug-likeness (QED) is 0.821. The van der Waals surface area contributed by atoms with Gasteiger partial charge in [0.25, 0.3) is 0 Å². The molecule has 0 aliphatic heterocycles. The molecule has 2 N–H and O–H groups in total. The standard InChI is InChI=1S/C11H8N4O2/c12-7-8-1-3-9(4-2-8)17-11(16)14-10-5-6-13-15-10/h1-6H,(H2,13,14,15,16). The number of benzene rings is 1. The molecule has 1 heterocycles. The van der Waals surface area contributed by atoms with Crippen LogP contribution in [0.2, 0.25) is 0 Å². The minimum absolute atomic E-state index is 0.362. The molecule has 0 unspecified atom stereocenters. The predicted molar refractivity (Wildman–Crippen MR) is 59.4 cm³/mol. The zero-order chi connectivity index (χ0) is 12.1. The first kappa shape index (κ1) is 10.7. The lowest BCUT2D eigenvalue weighted by Gasteiger charge is -2.04. The van der Waals surface area contributed by atoms with E-state index in [0.717, 1.165) is 0 Å². The number of carbonyl (C=O) groups excluding carboxylic acids is 1. The van der Waals surface area contributed by atoms with Gasteiger partial charge >= 0.3 is 6.09 Å². The Labute approximate surface area is 96.8 Å². The summed E-state index contributed by atoms with van der Waals surface area (Å²) in [5, 5.41) is 17.3. The molecule has 17 heavy (non-hydrogen) atoms. The summed E-state index contributed by atoms with van der Waals surface area (Å²) < 4.78 is 4.98. The third kappa shape index (κ3) is 2.82. The van der Waals surface area contributed by atoms with Crippen LogP contribution >= 0.6 is 0 Å². The average molecular weight is 228 g/mol. The number of rotatable bonds is 2. The van der Waals surface area contributed by atoms with Crippen LogP contribution in [0.15, 0.2) is 36.5 Å². The zero-order valence-corrected chi connectivity index (χ0v) is 8.68. The summed E-state index contributed by atoms with van der Waals surface area (Å²) in [5.41, 5.74) is 0.506. The molecule has 6 nitrogen and oxygen atoms in total. The van der Waals surface area contributed by atoms with E-state index >= 15 is 0 Å². The Morgan fingerprint density at radius 1 is 1.35 bits per heavy atom. The topological polar surface area (TPSA) is 90.8 Å². The van der Waals surface area contributed by atoms with E-state index in [1.54, 1.807) is 30.3 Å². The smallest absolute Gasteiger partial charge is 0.410 e. The number of carbonyl (C=O) groups is 1. The maximum Gasteiger partial charge on any atom is 0.418 e. The molecule has 2 aromatic rings. The van der Waals surface area contributed by atoms with E-state index < -0.39 is 6.09 Å². The molecular weight excluding hydrogens is 220 g/mol. The van der Waals surface area contributed by atoms with Crippen molar-refractivity contribution >= 4 is 11.9 Å². The molecule has 0 fully saturated rings. The predicted octanol–water partition coefficient (Wildman–Crippen LogP) is 1.89. The second-order valence-electron chi connectivity index (χ2n) is 3.12. The van der Waals surface area contributed by atoms with Gasteiger partial charge in [-0.25, -0.2) is 4.79 Å². The fourth-order valence-corrected chi connectivity index (χ4v) is 1.17. The van der Waals surface area contributed by atoms with Crippen LogP contribution in [0.3, 0.4) is 0 Å². The van der Waals surface area contributed by atoms with Crippen molar-refractivity contribution in [2.75, 3.05) is 5.32 Å². The van der Waals surface area contributed by atoms with E-state index in [1.165, 1.54) is 6.20 Å². The van der Waals surface area contributed by atoms with Crippen LogP contribution in [0.4, 0.5) is 10.6 Å². The lowest BCUT2D eigenvalue weighted by molar-refractivity contribution is 0.215. The van der Waals surface area contributed by atoms with Crippen LogP contribution in [0.1, 0.15) is 5.56 Å². The second kappa shape index (κ2) is 4.81. The number of anilines is 1. The van der Waals surface area contributed by atoms with Crippen molar-refractivity contribution in [3.63, 3.8) is 0 Å². The molecule has 0 aliphatic rings. The molecule has 1 aromatic heterocycles. The number of hydrogen-bond donors (Lipinski definition) is 2. The molecule has 0 spiro atoms. The second-order valence-corrected chi connectivity index (χ2v) is 3.12. The fourth-order valence-electron chi connectivity index (χ4n) is 1.17. The first-order chi connectivity index (χ1) is 8.28. The van der Waals surface area contributed by atoms with Gasteiger partial charge in [-0.2, -0.15) is 10.4 Å². The molecule has 1 amide bonds. The monoisotopic (exact) mass is 228 g/mol. The summed E-state index contributed by atoms with van der Waals surface area (Å²) in [6.07, 6.45) is 0.885. The molecular formula is C11H8N4O2. The van der Waals surface area contributed by atoms with Crippen molar-refractivity contribution in [3.05, 3.63) is 42.1 Å². The van der Waals surface area contributed by atoms with Crippen molar-refractivity contribution in [2.24, 2.45) is 0 Å². The number of aromatic amines is 1. The SMILES string of the molecule is N#Cc1ccc(OC(=O)Nc2ccn[nH]2)cc1. The van der Waals surface area contributed by atoms with E-state index in [-0.39, 0.29) is 0 Å². The van der Waals surface area contributed by atoms with Crippen LogP contribution in [-0.2, 0) is 0 Å². The van der Waals surface area contributed by atoms with Gasteiger partial charge in [0.15, 0.2) is 0 Å². The molecule has 0 radical (unpaired) electrons. The Bertz CT molecular complexity index is 540. The Kier molecular flexibility index (Phi) is 3.03. The van der Waals surface area contributed by atoms with Gasteiger partial charge in [0, 0.05) is 6.07 Å². The summed E-state index contributed by atoms with van der Waals surface area (Å²) in [4.78, 5) is 11.4. The minimum atomic E-state index is -0.626. The summed E-state index contributed by atoms with van der Waals surface area (Å²) in [5.74, 6) is 0.810. The van der Waals surface area contributed by atoms with Crippen LogP contribution in [0, 0.1) is 11.3 Å². The van der Waals surface area contributed by atoms with Crippen LogP contribution in [0.25, 0.3) is 0 Å². The largest absolute Gasteiger partial charge is 0.418 e. The molecule has 0 saturated heterocycles. The molecule has 2 rings (SSSR count). The maximum absolute atomic E-state index is 11.4. The highest BCUT2D eigenvalue weighted by Crippen LogP contribution is 2.12. The summed E-state index contributed by atoms with van der Waals surface area (Å²) in [6.45, 7) is 0. The maximum atomic E-state index is 11.4. The number of nitrogens with zero attached hydrogens (tertiary/aromatic N) is 2. The first-order valence-corrected chi connectivity index (χ1v) is 4.76. The van der Waals surface area contributed by atoms with Crippen molar-refractivity contribution in [1.82, 2.24) is 10.2 Å². The first-order valence-electron chi connectivity index (χ1n) is 4.76. The summed E-state index contributed by atoms with van der Waals surface area (Å²) in [7, 11) is 0. The fraction of sp³-hybridized carbons (Fsp3) is 0. The number of nitrogens with one attached hydrogen (secondary N) is 2. The lowest BCUT2D eigenvalue weighted by Crippen LogP contribution is -2.16. The Balaban J connectivity index is 1.96. The number of hydrogen-bond acceptors (Lipinski definition) is 4. The van der Waals surface area contributed by atoms with E-state index in [0.29, 0.717) is 17.1 Å². The van der Waals surface area contributed by atoms with E-state index in [1.807, 2.05) is 6.07 Å². The molecule has 0 saturated carbocycles. The third-order valence-corrected chi connectivity index (χ3v) is 1.93. The molecule has 1 aromatic carbocycles. The highest BCUT2D eigenvalue weighted by molar-refractivity contribution is 5.84. The minimum Gasteiger partial charge on any atom is -0.410 e. The van der Waals surface area contributed by atoms with E-state index in [4.69, 9.17) is 10.00 Å². The van der Waals surface area contributed by atoms with Crippen molar-refractivity contribution < 1.29 is 9.53 Å². The van der Waals surface area contributed by atoms with Crippen LogP contribution in [-0.4, -0.2) is 16.3 Å². The summed E-state index contributed by atoms with van der Waals surface area (Å²) in [6, 6.07) is 9.80. The van der Waals surface area contributed by atoms with Crippen molar-refractivity contribution in [1.29, 1.82) is 5.26 Å². The third-order valence-electron chi connectivity index (χ3n) is 1.93. The number of amides is 1. The van der Waals surface area contributed by atoms with Crippen molar-refractivity contribution in [2.45, 2.75) is 0 Å². The Hall–Kier alpha value is -2.81. The van der Waals surface area contributed by atoms with Gasteiger partial charge in [-0.3, -0.25) is 10.4 Å². The highest BCUT2D eigenvalue weighted by atomic mass is 16.6. The molecule has 0 bridgehead atoms. The molecule has 84 valence electrons. The average Bonchev–Trinajstić information content (AvgIpc) is 2.82. The Morgan fingerprint density at radius 3 is 2.71 bits per heavy atom. The number of nitriles is 1. The van der Waals surface area contributed by atoms with Gasteiger partial charge in [-0.05, 0) is 24.3 Å². The Morgan fingerprint density at radius 2 is 2.12 bits per heavy atom. The number of aromatic nitrogens is 2. The van der Waals surface area contributed by atoms with Gasteiger partial charge in [-0.15, -0.1) is 0 Å². The molecule has 6 heteroatoms. The van der Waals surface area contributed by atoms with Crippen molar-refractivity contribution in [3.8, 4) is 11.8 Å². The molecule has 0 atom stereocenters. The van der Waals surface area contributed by atoms with Crippen LogP contribution in [0.5, 0.6) is 5.75 Å². The van der Waals surface area contributed by atoms with Gasteiger partial charge in [-0.1, -0.05) is 0 Å². The highest BCUT2D eigenvalue weighted by Gasteiger charge is 2.05. The van der Waals surface area contributed by atoms with E-state index in [9.17, 15) is 4.79 Å².